The molecule has 2 rings (SSSR count). The summed E-state index contributed by atoms with van der Waals surface area (Å²) in [5, 5.41) is 2.75. The Balaban J connectivity index is 1.92. The molecule has 0 unspecified atom stereocenters. The van der Waals surface area contributed by atoms with E-state index in [1.54, 1.807) is 19.4 Å². The molecule has 98 valence electrons. The molecule has 1 aromatic rings. The molecule has 0 aliphatic carbocycles. The van der Waals surface area contributed by atoms with E-state index in [4.69, 9.17) is 4.74 Å². The van der Waals surface area contributed by atoms with Gasteiger partial charge in [0.25, 0.3) is 5.91 Å². The van der Waals surface area contributed by atoms with E-state index in [1.807, 2.05) is 6.07 Å². The Morgan fingerprint density at radius 2 is 2.22 bits per heavy atom. The van der Waals surface area contributed by atoms with Crippen LogP contribution in [0.25, 0.3) is 0 Å². The fourth-order valence-electron chi connectivity index (χ4n) is 2.04. The number of anilines is 1. The number of nitrogens with one attached hydrogen (secondary N) is 1. The molecule has 0 aromatic carbocycles. The van der Waals surface area contributed by atoms with Crippen LogP contribution in [-0.2, 0) is 4.74 Å². The zero-order valence-electron chi connectivity index (χ0n) is 10.7. The average Bonchev–Trinajstić information content (AvgIpc) is 2.93. The topological polar surface area (TPSA) is 54.5 Å². The van der Waals surface area contributed by atoms with Gasteiger partial charge in [0.05, 0.1) is 18.5 Å². The van der Waals surface area contributed by atoms with Crippen molar-refractivity contribution in [1.82, 2.24) is 10.3 Å². The van der Waals surface area contributed by atoms with Crippen molar-refractivity contribution >= 4 is 11.6 Å². The maximum Gasteiger partial charge on any atom is 0.269 e. The van der Waals surface area contributed by atoms with Gasteiger partial charge in [0, 0.05) is 26.7 Å². The molecule has 1 N–H and O–H groups in total. The van der Waals surface area contributed by atoms with E-state index >= 15 is 0 Å². The van der Waals surface area contributed by atoms with Crippen LogP contribution >= 0.6 is 0 Å². The lowest BCUT2D eigenvalue weighted by molar-refractivity contribution is 0.0932. The highest BCUT2D eigenvalue weighted by Gasteiger charge is 2.13. The molecule has 1 aliphatic heterocycles. The fourth-order valence-corrected chi connectivity index (χ4v) is 2.04. The van der Waals surface area contributed by atoms with Gasteiger partial charge in [-0.25, -0.2) is 4.98 Å². The van der Waals surface area contributed by atoms with Crippen molar-refractivity contribution in [2.45, 2.75) is 12.8 Å². The van der Waals surface area contributed by atoms with Crippen molar-refractivity contribution < 1.29 is 9.53 Å². The predicted molar refractivity (Wildman–Crippen MR) is 69.9 cm³/mol. The predicted octanol–water partition coefficient (Wildman–Crippen LogP) is 1.06. The molecule has 1 aliphatic rings. The van der Waals surface area contributed by atoms with E-state index in [2.05, 4.69) is 15.2 Å². The minimum Gasteiger partial charge on any atom is -0.383 e. The van der Waals surface area contributed by atoms with Crippen LogP contribution in [0.1, 0.15) is 23.3 Å². The SMILES string of the molecule is COCCNC(=O)c1ccc(N2CCCC2)cn1. The van der Waals surface area contributed by atoms with Crippen molar-refractivity contribution in [2.24, 2.45) is 0 Å². The summed E-state index contributed by atoms with van der Waals surface area (Å²) in [6.45, 7) is 3.19. The summed E-state index contributed by atoms with van der Waals surface area (Å²) in [6, 6.07) is 3.74. The third-order valence-electron chi connectivity index (χ3n) is 3.04. The van der Waals surface area contributed by atoms with Gasteiger partial charge in [0.2, 0.25) is 0 Å². The number of methoxy groups -OCH3 is 1. The van der Waals surface area contributed by atoms with Crippen LogP contribution in [0.4, 0.5) is 5.69 Å². The summed E-state index contributed by atoms with van der Waals surface area (Å²) in [6.07, 6.45) is 4.25. The second-order valence-electron chi connectivity index (χ2n) is 4.34. The highest BCUT2D eigenvalue weighted by atomic mass is 16.5. The molecule has 0 spiro atoms. The first-order valence-electron chi connectivity index (χ1n) is 6.29. The van der Waals surface area contributed by atoms with Gasteiger partial charge in [0.15, 0.2) is 0 Å². The smallest absolute Gasteiger partial charge is 0.269 e. The van der Waals surface area contributed by atoms with Crippen LogP contribution < -0.4 is 10.2 Å². The molecule has 2 heterocycles. The van der Waals surface area contributed by atoms with Gasteiger partial charge in [-0.05, 0) is 25.0 Å². The van der Waals surface area contributed by atoms with Crippen LogP contribution in [0.15, 0.2) is 18.3 Å². The number of hydrogen-bond acceptors (Lipinski definition) is 4. The molecule has 1 saturated heterocycles. The van der Waals surface area contributed by atoms with E-state index in [1.165, 1.54) is 12.8 Å². The molecule has 18 heavy (non-hydrogen) atoms. The molecule has 1 amide bonds. The molecule has 5 nitrogen and oxygen atoms in total. The molecular formula is C13H19N3O2. The van der Waals surface area contributed by atoms with E-state index in [0.717, 1.165) is 18.8 Å². The molecule has 5 heteroatoms. The van der Waals surface area contributed by atoms with Gasteiger partial charge < -0.3 is 15.0 Å². The van der Waals surface area contributed by atoms with E-state index in [0.29, 0.717) is 18.8 Å². The summed E-state index contributed by atoms with van der Waals surface area (Å²) in [7, 11) is 1.61. The number of rotatable bonds is 5. The van der Waals surface area contributed by atoms with E-state index in [9.17, 15) is 4.79 Å². The molecule has 1 aromatic heterocycles. The van der Waals surface area contributed by atoms with Crippen molar-refractivity contribution in [2.75, 3.05) is 38.3 Å². The summed E-state index contributed by atoms with van der Waals surface area (Å²) < 4.78 is 4.87. The Hall–Kier alpha value is -1.62. The van der Waals surface area contributed by atoms with E-state index in [-0.39, 0.29) is 5.91 Å². The Labute approximate surface area is 107 Å². The van der Waals surface area contributed by atoms with Gasteiger partial charge in [-0.1, -0.05) is 0 Å². The molecule has 0 bridgehead atoms. The summed E-state index contributed by atoms with van der Waals surface area (Å²) in [5.74, 6) is -0.153. The monoisotopic (exact) mass is 249 g/mol. The fraction of sp³-hybridized carbons (Fsp3) is 0.538. The molecule has 0 saturated carbocycles. The Bertz CT molecular complexity index is 386. The zero-order chi connectivity index (χ0) is 12.8. The third-order valence-corrected chi connectivity index (χ3v) is 3.04. The van der Waals surface area contributed by atoms with Gasteiger partial charge >= 0.3 is 0 Å². The first-order chi connectivity index (χ1) is 8.81. The van der Waals surface area contributed by atoms with Crippen molar-refractivity contribution in [3.8, 4) is 0 Å². The number of ether oxygens (including phenoxy) is 1. The van der Waals surface area contributed by atoms with Crippen LogP contribution in [-0.4, -0.2) is 44.2 Å². The van der Waals surface area contributed by atoms with Gasteiger partial charge in [-0.3, -0.25) is 4.79 Å². The molecular weight excluding hydrogens is 230 g/mol. The molecule has 0 radical (unpaired) electrons. The summed E-state index contributed by atoms with van der Waals surface area (Å²) in [4.78, 5) is 18.2. The quantitative estimate of drug-likeness (QED) is 0.793. The highest BCUT2D eigenvalue weighted by Crippen LogP contribution is 2.18. The number of carbonyl (C=O) groups excluding carboxylic acids is 1. The van der Waals surface area contributed by atoms with Crippen LogP contribution in [0.2, 0.25) is 0 Å². The van der Waals surface area contributed by atoms with Gasteiger partial charge in [-0.2, -0.15) is 0 Å². The zero-order valence-corrected chi connectivity index (χ0v) is 10.7. The third kappa shape index (κ3) is 3.20. The number of amides is 1. The Morgan fingerprint density at radius 3 is 2.83 bits per heavy atom. The number of carbonyl (C=O) groups is 1. The lowest BCUT2D eigenvalue weighted by Gasteiger charge is -2.16. The normalized spacial score (nSPS) is 14.8. The first-order valence-corrected chi connectivity index (χ1v) is 6.29. The molecule has 0 atom stereocenters. The van der Waals surface area contributed by atoms with Crippen molar-refractivity contribution in [1.29, 1.82) is 0 Å². The summed E-state index contributed by atoms with van der Waals surface area (Å²) >= 11 is 0. The van der Waals surface area contributed by atoms with Crippen molar-refractivity contribution in [3.63, 3.8) is 0 Å². The number of pyridine rings is 1. The number of aromatic nitrogens is 1. The second-order valence-corrected chi connectivity index (χ2v) is 4.34. The minimum atomic E-state index is -0.153. The standard InChI is InChI=1S/C13H19N3O2/c1-18-9-6-14-13(17)12-5-4-11(10-15-12)16-7-2-3-8-16/h4-5,10H,2-3,6-9H2,1H3,(H,14,17). The van der Waals surface area contributed by atoms with Crippen LogP contribution in [0, 0.1) is 0 Å². The first kappa shape index (κ1) is 12.8. The molecule has 1 fully saturated rings. The summed E-state index contributed by atoms with van der Waals surface area (Å²) in [5.41, 5.74) is 1.55. The minimum absolute atomic E-state index is 0.153. The lowest BCUT2D eigenvalue weighted by Crippen LogP contribution is -2.27. The Morgan fingerprint density at radius 1 is 1.44 bits per heavy atom. The maximum absolute atomic E-state index is 11.7. The van der Waals surface area contributed by atoms with E-state index < -0.39 is 0 Å². The average molecular weight is 249 g/mol. The van der Waals surface area contributed by atoms with Crippen molar-refractivity contribution in [3.05, 3.63) is 24.0 Å². The largest absolute Gasteiger partial charge is 0.383 e. The Kier molecular flexibility index (Phi) is 4.52. The number of hydrogen-bond donors (Lipinski definition) is 1. The second kappa shape index (κ2) is 6.35. The van der Waals surface area contributed by atoms with Crippen LogP contribution in [0.5, 0.6) is 0 Å². The van der Waals surface area contributed by atoms with Gasteiger partial charge in [-0.15, -0.1) is 0 Å². The maximum atomic E-state index is 11.7. The highest BCUT2D eigenvalue weighted by molar-refractivity contribution is 5.92. The lowest BCUT2D eigenvalue weighted by atomic mass is 10.3. The van der Waals surface area contributed by atoms with Gasteiger partial charge in [0.1, 0.15) is 5.69 Å². The van der Waals surface area contributed by atoms with Crippen LogP contribution in [0.3, 0.4) is 0 Å². The number of nitrogens with zero attached hydrogens (tertiary/aromatic N) is 2.